The van der Waals surface area contributed by atoms with Gasteiger partial charge in [-0.2, -0.15) is 0 Å². The van der Waals surface area contributed by atoms with Gasteiger partial charge in [0.15, 0.2) is 5.82 Å². The summed E-state index contributed by atoms with van der Waals surface area (Å²) in [5.41, 5.74) is 1.89. The Morgan fingerprint density at radius 1 is 1.47 bits per heavy atom. The van der Waals surface area contributed by atoms with Crippen LogP contribution in [0.15, 0.2) is 6.20 Å². The first-order chi connectivity index (χ1) is 8.15. The van der Waals surface area contributed by atoms with Crippen molar-refractivity contribution in [1.82, 2.24) is 15.3 Å². The molecule has 4 heteroatoms. The van der Waals surface area contributed by atoms with Gasteiger partial charge >= 0.3 is 0 Å². The third-order valence-corrected chi connectivity index (χ3v) is 3.36. The first kappa shape index (κ1) is 12.5. The molecular formula is C13H21N3O. The zero-order valence-corrected chi connectivity index (χ0v) is 10.9. The van der Waals surface area contributed by atoms with Gasteiger partial charge in [0.25, 0.3) is 0 Å². The smallest absolute Gasteiger partial charge is 0.160 e. The van der Waals surface area contributed by atoms with Gasteiger partial charge in [-0.1, -0.05) is 0 Å². The van der Waals surface area contributed by atoms with E-state index in [1.807, 2.05) is 20.2 Å². The molecule has 94 valence electrons. The normalized spacial score (nSPS) is 24.9. The van der Waals surface area contributed by atoms with E-state index in [1.54, 1.807) is 0 Å². The highest BCUT2D eigenvalue weighted by molar-refractivity contribution is 5.18. The Hall–Kier alpha value is -1.00. The van der Waals surface area contributed by atoms with Crippen molar-refractivity contribution >= 4 is 0 Å². The summed E-state index contributed by atoms with van der Waals surface area (Å²) in [5, 5.41) is 3.14. The van der Waals surface area contributed by atoms with Crippen LogP contribution in [0.2, 0.25) is 0 Å². The maximum atomic E-state index is 5.88. The Labute approximate surface area is 103 Å². The van der Waals surface area contributed by atoms with E-state index in [4.69, 9.17) is 4.74 Å². The number of rotatable bonds is 3. The van der Waals surface area contributed by atoms with Crippen LogP contribution < -0.4 is 5.32 Å². The molecule has 1 aliphatic heterocycles. The molecule has 0 amide bonds. The predicted molar refractivity (Wildman–Crippen MR) is 66.7 cm³/mol. The van der Waals surface area contributed by atoms with Gasteiger partial charge in [-0.3, -0.25) is 0 Å². The molecule has 1 atom stereocenters. The number of nitrogens with zero attached hydrogens (tertiary/aromatic N) is 2. The van der Waals surface area contributed by atoms with Crippen LogP contribution in [-0.4, -0.2) is 23.6 Å². The summed E-state index contributed by atoms with van der Waals surface area (Å²) in [7, 11) is 1.93. The zero-order valence-electron chi connectivity index (χ0n) is 10.9. The number of aromatic nitrogens is 2. The highest BCUT2D eigenvalue weighted by Gasteiger charge is 2.33. The second-order valence-electron chi connectivity index (χ2n) is 4.89. The maximum absolute atomic E-state index is 5.88. The Morgan fingerprint density at radius 2 is 2.29 bits per heavy atom. The van der Waals surface area contributed by atoms with Crippen LogP contribution in [0.25, 0.3) is 0 Å². The van der Waals surface area contributed by atoms with Crippen LogP contribution in [0.1, 0.15) is 43.3 Å². The number of nitrogens with one attached hydrogen (secondary N) is 1. The molecule has 0 aromatic carbocycles. The fourth-order valence-corrected chi connectivity index (χ4v) is 2.19. The number of ether oxygens (including phenoxy) is 1. The molecule has 2 heterocycles. The Bertz CT molecular complexity index is 386. The molecule has 4 nitrogen and oxygen atoms in total. The van der Waals surface area contributed by atoms with E-state index in [0.717, 1.165) is 43.1 Å². The molecule has 1 fully saturated rings. The van der Waals surface area contributed by atoms with Crippen molar-refractivity contribution in [2.45, 2.75) is 45.3 Å². The van der Waals surface area contributed by atoms with Gasteiger partial charge in [0.1, 0.15) is 5.60 Å². The zero-order chi connectivity index (χ0) is 12.3. The predicted octanol–water partition coefficient (Wildman–Crippen LogP) is 1.92. The largest absolute Gasteiger partial charge is 0.367 e. The van der Waals surface area contributed by atoms with Crippen LogP contribution in [0.3, 0.4) is 0 Å². The molecule has 0 radical (unpaired) electrons. The summed E-state index contributed by atoms with van der Waals surface area (Å²) >= 11 is 0. The number of hydrogen-bond donors (Lipinski definition) is 1. The summed E-state index contributed by atoms with van der Waals surface area (Å²) in [4.78, 5) is 9.11. The van der Waals surface area contributed by atoms with Crippen LogP contribution >= 0.6 is 0 Å². The molecule has 0 spiro atoms. The van der Waals surface area contributed by atoms with Crippen LogP contribution in [0.4, 0.5) is 0 Å². The van der Waals surface area contributed by atoms with Gasteiger partial charge < -0.3 is 10.1 Å². The Morgan fingerprint density at radius 3 is 2.94 bits per heavy atom. The second kappa shape index (κ2) is 5.10. The van der Waals surface area contributed by atoms with Gasteiger partial charge in [-0.05, 0) is 45.7 Å². The molecule has 1 aliphatic rings. The SMILES string of the molecule is CNCc1nc(C2(C)CCCCO2)ncc1C. The fourth-order valence-electron chi connectivity index (χ4n) is 2.19. The molecule has 0 saturated carbocycles. The minimum absolute atomic E-state index is 0.297. The molecule has 0 bridgehead atoms. The van der Waals surface area contributed by atoms with Crippen LogP contribution in [-0.2, 0) is 16.9 Å². The average molecular weight is 235 g/mol. The lowest BCUT2D eigenvalue weighted by atomic mass is 9.95. The summed E-state index contributed by atoms with van der Waals surface area (Å²) < 4.78 is 5.88. The van der Waals surface area contributed by atoms with Gasteiger partial charge in [-0.15, -0.1) is 0 Å². The first-order valence-corrected chi connectivity index (χ1v) is 6.27. The fraction of sp³-hybridized carbons (Fsp3) is 0.692. The third kappa shape index (κ3) is 2.64. The monoisotopic (exact) mass is 235 g/mol. The molecule has 1 N–H and O–H groups in total. The second-order valence-corrected chi connectivity index (χ2v) is 4.89. The lowest BCUT2D eigenvalue weighted by molar-refractivity contribution is -0.0762. The standard InChI is InChI=1S/C13H21N3O/c1-10-8-15-12(16-11(10)9-14-3)13(2)6-4-5-7-17-13/h8,14H,4-7,9H2,1-3H3. The van der Waals surface area contributed by atoms with E-state index in [9.17, 15) is 0 Å². The van der Waals surface area contributed by atoms with Crippen molar-refractivity contribution in [3.63, 3.8) is 0 Å². The van der Waals surface area contributed by atoms with Gasteiger partial charge in [0.2, 0.25) is 0 Å². The van der Waals surface area contributed by atoms with Crippen LogP contribution in [0, 0.1) is 6.92 Å². The van der Waals surface area contributed by atoms with Crippen molar-refractivity contribution in [1.29, 1.82) is 0 Å². The Balaban J connectivity index is 2.28. The lowest BCUT2D eigenvalue weighted by Gasteiger charge is -2.32. The highest BCUT2D eigenvalue weighted by atomic mass is 16.5. The van der Waals surface area contributed by atoms with Gasteiger partial charge in [0.05, 0.1) is 5.69 Å². The molecule has 2 rings (SSSR count). The quantitative estimate of drug-likeness (QED) is 0.869. The van der Waals surface area contributed by atoms with E-state index >= 15 is 0 Å². The van der Waals surface area contributed by atoms with E-state index < -0.39 is 0 Å². The van der Waals surface area contributed by atoms with Gasteiger partial charge in [0, 0.05) is 19.3 Å². The third-order valence-electron chi connectivity index (χ3n) is 3.36. The maximum Gasteiger partial charge on any atom is 0.160 e. The molecule has 17 heavy (non-hydrogen) atoms. The van der Waals surface area contributed by atoms with Crippen molar-refractivity contribution in [2.75, 3.05) is 13.7 Å². The Kier molecular flexibility index (Phi) is 3.74. The number of aryl methyl sites for hydroxylation is 1. The molecule has 0 aliphatic carbocycles. The minimum atomic E-state index is -0.297. The average Bonchev–Trinajstić information content (AvgIpc) is 2.33. The van der Waals surface area contributed by atoms with Crippen molar-refractivity contribution < 1.29 is 4.74 Å². The first-order valence-electron chi connectivity index (χ1n) is 6.27. The molecule has 1 saturated heterocycles. The van der Waals surface area contributed by atoms with Gasteiger partial charge in [-0.25, -0.2) is 9.97 Å². The molecular weight excluding hydrogens is 214 g/mol. The summed E-state index contributed by atoms with van der Waals surface area (Å²) in [6.07, 6.45) is 5.24. The summed E-state index contributed by atoms with van der Waals surface area (Å²) in [5.74, 6) is 0.827. The van der Waals surface area contributed by atoms with Crippen molar-refractivity contribution in [2.24, 2.45) is 0 Å². The van der Waals surface area contributed by atoms with Crippen molar-refractivity contribution in [3.8, 4) is 0 Å². The van der Waals surface area contributed by atoms with E-state index in [-0.39, 0.29) is 5.60 Å². The number of hydrogen-bond acceptors (Lipinski definition) is 4. The van der Waals surface area contributed by atoms with E-state index in [2.05, 4.69) is 22.2 Å². The minimum Gasteiger partial charge on any atom is -0.367 e. The van der Waals surface area contributed by atoms with E-state index in [1.165, 1.54) is 6.42 Å². The lowest BCUT2D eigenvalue weighted by Crippen LogP contribution is -2.33. The van der Waals surface area contributed by atoms with Crippen molar-refractivity contribution in [3.05, 3.63) is 23.3 Å². The highest BCUT2D eigenvalue weighted by Crippen LogP contribution is 2.32. The molecule has 1 unspecified atom stereocenters. The summed E-state index contributed by atoms with van der Waals surface area (Å²) in [6.45, 7) is 5.73. The van der Waals surface area contributed by atoms with Crippen LogP contribution in [0.5, 0.6) is 0 Å². The van der Waals surface area contributed by atoms with E-state index in [0.29, 0.717) is 0 Å². The molecule has 1 aromatic rings. The topological polar surface area (TPSA) is 47.0 Å². The molecule has 1 aromatic heterocycles. The summed E-state index contributed by atoms with van der Waals surface area (Å²) in [6, 6.07) is 0.